The van der Waals surface area contributed by atoms with E-state index in [1.807, 2.05) is 13.0 Å². The van der Waals surface area contributed by atoms with Crippen LogP contribution in [0.2, 0.25) is 5.02 Å². The summed E-state index contributed by atoms with van der Waals surface area (Å²) < 4.78 is 0.878. The minimum absolute atomic E-state index is 0.546. The van der Waals surface area contributed by atoms with Gasteiger partial charge in [0.2, 0.25) is 0 Å². The Hall–Kier alpha value is -1.57. The van der Waals surface area contributed by atoms with Gasteiger partial charge in [0.1, 0.15) is 5.82 Å². The number of nitrogens with one attached hydrogen (secondary N) is 1. The first-order valence-corrected chi connectivity index (χ1v) is 6.36. The first-order valence-electron chi connectivity index (χ1n) is 5.19. The van der Waals surface area contributed by atoms with Crippen LogP contribution in [-0.4, -0.2) is 4.98 Å². The average molecular weight is 323 g/mol. The van der Waals surface area contributed by atoms with Crippen LogP contribution < -0.4 is 5.32 Å². The van der Waals surface area contributed by atoms with E-state index < -0.39 is 0 Å². The number of rotatable bonds is 2. The molecule has 0 aliphatic rings. The SMILES string of the molecule is Cc1ccnc(Nc2cc(C#N)ccc2Cl)c1Br. The highest BCUT2D eigenvalue weighted by atomic mass is 79.9. The third kappa shape index (κ3) is 2.63. The summed E-state index contributed by atoms with van der Waals surface area (Å²) in [5, 5.41) is 12.5. The number of aryl methyl sites for hydroxylation is 1. The van der Waals surface area contributed by atoms with Gasteiger partial charge in [-0.25, -0.2) is 4.98 Å². The molecule has 0 fully saturated rings. The van der Waals surface area contributed by atoms with Crippen molar-refractivity contribution in [3.05, 3.63) is 51.1 Å². The van der Waals surface area contributed by atoms with Crippen LogP contribution in [0.1, 0.15) is 11.1 Å². The van der Waals surface area contributed by atoms with Crippen LogP contribution in [0.4, 0.5) is 11.5 Å². The second-order valence-corrected chi connectivity index (χ2v) is 4.92. The second-order valence-electron chi connectivity index (χ2n) is 3.72. The molecule has 0 saturated heterocycles. The van der Waals surface area contributed by atoms with E-state index >= 15 is 0 Å². The van der Waals surface area contributed by atoms with Crippen molar-refractivity contribution in [2.45, 2.75) is 6.92 Å². The molecule has 1 aromatic heterocycles. The Balaban J connectivity index is 2.40. The lowest BCUT2D eigenvalue weighted by Crippen LogP contribution is -1.97. The Kier molecular flexibility index (Phi) is 3.85. The fraction of sp³-hybridized carbons (Fsp3) is 0.0769. The maximum atomic E-state index is 8.87. The molecule has 1 heterocycles. The zero-order valence-corrected chi connectivity index (χ0v) is 11.9. The zero-order chi connectivity index (χ0) is 13.1. The topological polar surface area (TPSA) is 48.7 Å². The molecular weight excluding hydrogens is 314 g/mol. The molecular formula is C13H9BrClN3. The van der Waals surface area contributed by atoms with E-state index in [9.17, 15) is 0 Å². The van der Waals surface area contributed by atoms with Gasteiger partial charge in [-0.3, -0.25) is 0 Å². The number of nitrogens with zero attached hydrogens (tertiary/aromatic N) is 2. The van der Waals surface area contributed by atoms with Crippen LogP contribution >= 0.6 is 27.5 Å². The molecule has 0 aliphatic carbocycles. The van der Waals surface area contributed by atoms with Gasteiger partial charge in [0.05, 0.1) is 26.8 Å². The quantitative estimate of drug-likeness (QED) is 0.890. The van der Waals surface area contributed by atoms with Crippen LogP contribution in [0.15, 0.2) is 34.9 Å². The molecule has 0 aliphatic heterocycles. The van der Waals surface area contributed by atoms with E-state index in [0.29, 0.717) is 22.1 Å². The molecule has 0 bridgehead atoms. The lowest BCUT2D eigenvalue weighted by Gasteiger charge is -2.10. The van der Waals surface area contributed by atoms with Crippen molar-refractivity contribution in [3.63, 3.8) is 0 Å². The summed E-state index contributed by atoms with van der Waals surface area (Å²) in [6, 6.07) is 9.03. The van der Waals surface area contributed by atoms with Crippen LogP contribution in [0, 0.1) is 18.3 Å². The number of aromatic nitrogens is 1. The maximum absolute atomic E-state index is 8.87. The second kappa shape index (κ2) is 5.38. The molecule has 2 rings (SSSR count). The first kappa shape index (κ1) is 12.9. The van der Waals surface area contributed by atoms with Gasteiger partial charge in [0.25, 0.3) is 0 Å². The van der Waals surface area contributed by atoms with Gasteiger partial charge >= 0.3 is 0 Å². The molecule has 0 atom stereocenters. The number of anilines is 2. The van der Waals surface area contributed by atoms with Gasteiger partial charge < -0.3 is 5.32 Å². The fourth-order valence-corrected chi connectivity index (χ4v) is 1.94. The Morgan fingerprint density at radius 1 is 1.39 bits per heavy atom. The van der Waals surface area contributed by atoms with Crippen molar-refractivity contribution in [1.82, 2.24) is 4.98 Å². The van der Waals surface area contributed by atoms with E-state index in [0.717, 1.165) is 10.0 Å². The van der Waals surface area contributed by atoms with Gasteiger partial charge in [0, 0.05) is 6.20 Å². The Labute approximate surface area is 119 Å². The van der Waals surface area contributed by atoms with Gasteiger partial charge in [-0.15, -0.1) is 0 Å². The van der Waals surface area contributed by atoms with E-state index in [2.05, 4.69) is 32.3 Å². The zero-order valence-electron chi connectivity index (χ0n) is 9.54. The molecule has 18 heavy (non-hydrogen) atoms. The van der Waals surface area contributed by atoms with Crippen LogP contribution in [-0.2, 0) is 0 Å². The van der Waals surface area contributed by atoms with Crippen molar-refractivity contribution >= 4 is 39.0 Å². The monoisotopic (exact) mass is 321 g/mol. The molecule has 3 nitrogen and oxygen atoms in total. The molecule has 0 radical (unpaired) electrons. The summed E-state index contributed by atoms with van der Waals surface area (Å²) in [7, 11) is 0. The van der Waals surface area contributed by atoms with Gasteiger partial charge in [-0.2, -0.15) is 5.26 Å². The van der Waals surface area contributed by atoms with Crippen molar-refractivity contribution in [2.75, 3.05) is 5.32 Å². The summed E-state index contributed by atoms with van der Waals surface area (Å²) >= 11 is 9.54. The van der Waals surface area contributed by atoms with Crippen molar-refractivity contribution < 1.29 is 0 Å². The molecule has 0 amide bonds. The summed E-state index contributed by atoms with van der Waals surface area (Å²) in [4.78, 5) is 4.23. The highest BCUT2D eigenvalue weighted by Crippen LogP contribution is 2.30. The fourth-order valence-electron chi connectivity index (χ4n) is 1.45. The number of pyridine rings is 1. The normalized spacial score (nSPS) is 9.89. The average Bonchev–Trinajstić information content (AvgIpc) is 2.37. The molecule has 2 aromatic rings. The molecule has 0 saturated carbocycles. The lowest BCUT2D eigenvalue weighted by atomic mass is 10.2. The number of halogens is 2. The maximum Gasteiger partial charge on any atom is 0.144 e. The number of benzene rings is 1. The standard InChI is InChI=1S/C13H9BrClN3/c1-8-4-5-17-13(12(8)14)18-11-6-9(7-16)2-3-10(11)15/h2-6H,1H3,(H,17,18). The first-order chi connectivity index (χ1) is 8.61. The number of hydrogen-bond acceptors (Lipinski definition) is 3. The predicted molar refractivity (Wildman–Crippen MR) is 76.1 cm³/mol. The van der Waals surface area contributed by atoms with Gasteiger partial charge in [-0.05, 0) is 52.7 Å². The Morgan fingerprint density at radius 3 is 2.89 bits per heavy atom. The predicted octanol–water partition coefficient (Wildman–Crippen LogP) is 4.42. The molecule has 5 heteroatoms. The third-order valence-electron chi connectivity index (χ3n) is 2.43. The molecule has 1 N–H and O–H groups in total. The van der Waals surface area contributed by atoms with Gasteiger partial charge in [0.15, 0.2) is 0 Å². The summed E-state index contributed by atoms with van der Waals surface area (Å²) in [5.74, 6) is 0.673. The Morgan fingerprint density at radius 2 is 2.17 bits per heavy atom. The highest BCUT2D eigenvalue weighted by Gasteiger charge is 2.07. The third-order valence-corrected chi connectivity index (χ3v) is 3.76. The number of hydrogen-bond donors (Lipinski definition) is 1. The summed E-state index contributed by atoms with van der Waals surface area (Å²) in [6.07, 6.45) is 1.71. The smallest absolute Gasteiger partial charge is 0.144 e. The Bertz CT molecular complexity index is 635. The van der Waals surface area contributed by atoms with Crippen LogP contribution in [0.25, 0.3) is 0 Å². The van der Waals surface area contributed by atoms with E-state index in [-0.39, 0.29) is 0 Å². The van der Waals surface area contributed by atoms with E-state index in [1.165, 1.54) is 0 Å². The van der Waals surface area contributed by atoms with Crippen molar-refractivity contribution in [1.29, 1.82) is 5.26 Å². The van der Waals surface area contributed by atoms with E-state index in [4.69, 9.17) is 16.9 Å². The molecule has 1 aromatic carbocycles. The minimum atomic E-state index is 0.546. The molecule has 0 spiro atoms. The lowest BCUT2D eigenvalue weighted by molar-refractivity contribution is 1.25. The summed E-state index contributed by atoms with van der Waals surface area (Å²) in [5.41, 5.74) is 2.28. The largest absolute Gasteiger partial charge is 0.338 e. The van der Waals surface area contributed by atoms with Gasteiger partial charge in [-0.1, -0.05) is 11.6 Å². The molecule has 0 unspecified atom stereocenters. The molecule has 90 valence electrons. The van der Waals surface area contributed by atoms with Crippen molar-refractivity contribution in [3.8, 4) is 6.07 Å². The van der Waals surface area contributed by atoms with Crippen molar-refractivity contribution in [2.24, 2.45) is 0 Å². The van der Waals surface area contributed by atoms with Crippen LogP contribution in [0.3, 0.4) is 0 Å². The van der Waals surface area contributed by atoms with Crippen LogP contribution in [0.5, 0.6) is 0 Å². The summed E-state index contributed by atoms with van der Waals surface area (Å²) in [6.45, 7) is 1.98. The highest BCUT2D eigenvalue weighted by molar-refractivity contribution is 9.10. The van der Waals surface area contributed by atoms with E-state index in [1.54, 1.807) is 24.4 Å². The number of nitriles is 1. The minimum Gasteiger partial charge on any atom is -0.338 e.